The first-order valence-corrected chi connectivity index (χ1v) is 8.64. The van der Waals surface area contributed by atoms with Crippen molar-refractivity contribution in [1.29, 1.82) is 0 Å². The average Bonchev–Trinajstić information content (AvgIpc) is 2.40. The van der Waals surface area contributed by atoms with E-state index in [0.717, 1.165) is 24.7 Å². The Morgan fingerprint density at radius 3 is 2.37 bits per heavy atom. The molecule has 0 spiro atoms. The van der Waals surface area contributed by atoms with Gasteiger partial charge in [0.05, 0.1) is 0 Å². The van der Waals surface area contributed by atoms with E-state index in [1.807, 2.05) is 13.3 Å². The Balaban J connectivity index is 2.17. The van der Waals surface area contributed by atoms with Crippen molar-refractivity contribution in [1.82, 2.24) is 0 Å². The molecule has 0 bridgehead atoms. The van der Waals surface area contributed by atoms with E-state index >= 15 is 0 Å². The summed E-state index contributed by atoms with van der Waals surface area (Å²) in [6.07, 6.45) is 13.8. The first-order chi connectivity index (χ1) is 9.17. The van der Waals surface area contributed by atoms with E-state index in [2.05, 4.69) is 13.8 Å². The normalized spacial score (nSPS) is 27.2. The molecule has 0 aromatic carbocycles. The van der Waals surface area contributed by atoms with Crippen LogP contribution in [0.25, 0.3) is 0 Å². The molecule has 0 aromatic rings. The average molecular weight is 269 g/mol. The van der Waals surface area contributed by atoms with E-state index in [1.54, 1.807) is 0 Å². The second-order valence-electron chi connectivity index (χ2n) is 6.65. The minimum atomic E-state index is -0.678. The van der Waals surface area contributed by atoms with Crippen molar-refractivity contribution in [2.24, 2.45) is 17.8 Å². The molecule has 1 aliphatic carbocycles. The van der Waals surface area contributed by atoms with Gasteiger partial charge in [-0.3, -0.25) is 0 Å². The van der Waals surface area contributed by atoms with Crippen molar-refractivity contribution in [3.05, 3.63) is 6.42 Å². The molecule has 19 heavy (non-hydrogen) atoms. The number of halogens is 1. The summed E-state index contributed by atoms with van der Waals surface area (Å²) < 4.78 is 13.6. The van der Waals surface area contributed by atoms with E-state index in [9.17, 15) is 4.39 Å². The third-order valence-corrected chi connectivity index (χ3v) is 5.00. The van der Waals surface area contributed by atoms with Crippen molar-refractivity contribution in [3.8, 4) is 0 Å². The Morgan fingerprint density at radius 2 is 1.79 bits per heavy atom. The molecule has 2 unspecified atom stereocenters. The highest BCUT2D eigenvalue weighted by atomic mass is 19.1. The van der Waals surface area contributed by atoms with Crippen molar-refractivity contribution in [2.75, 3.05) is 0 Å². The highest BCUT2D eigenvalue weighted by Gasteiger charge is 2.26. The summed E-state index contributed by atoms with van der Waals surface area (Å²) >= 11 is 0. The van der Waals surface area contributed by atoms with Gasteiger partial charge in [-0.25, -0.2) is 4.39 Å². The highest BCUT2D eigenvalue weighted by Crippen LogP contribution is 2.37. The van der Waals surface area contributed by atoms with Gasteiger partial charge in [0.1, 0.15) is 6.17 Å². The molecule has 1 aliphatic rings. The van der Waals surface area contributed by atoms with Crippen molar-refractivity contribution in [3.63, 3.8) is 0 Å². The third kappa shape index (κ3) is 6.77. The van der Waals surface area contributed by atoms with Crippen LogP contribution in [0.1, 0.15) is 85.0 Å². The van der Waals surface area contributed by atoms with Crippen LogP contribution in [0.3, 0.4) is 0 Å². The van der Waals surface area contributed by atoms with Crippen LogP contribution in [0, 0.1) is 24.2 Å². The van der Waals surface area contributed by atoms with Crippen molar-refractivity contribution < 1.29 is 4.39 Å². The van der Waals surface area contributed by atoms with Gasteiger partial charge in [-0.05, 0) is 43.4 Å². The van der Waals surface area contributed by atoms with Crippen molar-refractivity contribution in [2.45, 2.75) is 91.2 Å². The van der Waals surface area contributed by atoms with Crippen LogP contribution >= 0.6 is 0 Å². The smallest absolute Gasteiger partial charge is 0.104 e. The van der Waals surface area contributed by atoms with Gasteiger partial charge >= 0.3 is 0 Å². The van der Waals surface area contributed by atoms with E-state index in [0.29, 0.717) is 5.92 Å². The zero-order valence-corrected chi connectivity index (χ0v) is 13.3. The largest absolute Gasteiger partial charge is 0.247 e. The van der Waals surface area contributed by atoms with Gasteiger partial charge in [-0.15, -0.1) is 0 Å². The Labute approximate surface area is 120 Å². The van der Waals surface area contributed by atoms with Gasteiger partial charge in [0.2, 0.25) is 0 Å². The second kappa shape index (κ2) is 9.77. The summed E-state index contributed by atoms with van der Waals surface area (Å²) in [5.74, 6) is 2.32. The molecule has 0 aliphatic heterocycles. The van der Waals surface area contributed by atoms with Gasteiger partial charge < -0.3 is 0 Å². The lowest BCUT2D eigenvalue weighted by Crippen LogP contribution is -2.22. The first kappa shape index (κ1) is 17.0. The topological polar surface area (TPSA) is 0 Å². The summed E-state index contributed by atoms with van der Waals surface area (Å²) in [5.41, 5.74) is 0. The van der Waals surface area contributed by atoms with Crippen LogP contribution in [-0.4, -0.2) is 6.17 Å². The molecule has 1 saturated carbocycles. The standard InChI is InChI=1S/C18H34F/c1-4-6-7-9-16-10-12-17(13-11-16)15(3)14-18(19)8-5-2/h8,15-18H,4-7,9-14H2,1-3H3/t15?,16-,17-,18?. The highest BCUT2D eigenvalue weighted by molar-refractivity contribution is 4.81. The van der Waals surface area contributed by atoms with E-state index < -0.39 is 6.17 Å². The summed E-state index contributed by atoms with van der Waals surface area (Å²) in [6, 6.07) is 0. The molecule has 0 amide bonds. The zero-order valence-electron chi connectivity index (χ0n) is 13.3. The molecule has 0 N–H and O–H groups in total. The lowest BCUT2D eigenvalue weighted by atomic mass is 9.73. The maximum Gasteiger partial charge on any atom is 0.104 e. The third-order valence-electron chi connectivity index (χ3n) is 5.00. The molecular formula is C18H34F. The van der Waals surface area contributed by atoms with Crippen LogP contribution < -0.4 is 0 Å². The minimum absolute atomic E-state index is 0.564. The van der Waals surface area contributed by atoms with Crippen LogP contribution in [0.5, 0.6) is 0 Å². The summed E-state index contributed by atoms with van der Waals surface area (Å²) in [5, 5.41) is 0. The molecule has 1 rings (SSSR count). The molecule has 0 heterocycles. The monoisotopic (exact) mass is 269 g/mol. The number of unbranched alkanes of at least 4 members (excludes halogenated alkanes) is 2. The van der Waals surface area contributed by atoms with E-state index in [1.165, 1.54) is 51.4 Å². The molecule has 0 nitrogen and oxygen atoms in total. The fourth-order valence-electron chi connectivity index (χ4n) is 3.63. The number of alkyl halides is 1. The van der Waals surface area contributed by atoms with Crippen LogP contribution in [0.2, 0.25) is 0 Å². The molecule has 1 heteroatoms. The maximum absolute atomic E-state index is 13.6. The van der Waals surface area contributed by atoms with Gasteiger partial charge in [0.15, 0.2) is 0 Å². The maximum atomic E-state index is 13.6. The molecular weight excluding hydrogens is 235 g/mol. The molecule has 1 radical (unpaired) electrons. The molecule has 1 fully saturated rings. The van der Waals surface area contributed by atoms with Crippen molar-refractivity contribution >= 4 is 0 Å². The summed E-state index contributed by atoms with van der Waals surface area (Å²) in [4.78, 5) is 0. The first-order valence-electron chi connectivity index (χ1n) is 8.64. The van der Waals surface area contributed by atoms with Gasteiger partial charge in [-0.1, -0.05) is 65.7 Å². The zero-order chi connectivity index (χ0) is 14.1. The number of rotatable bonds is 9. The predicted molar refractivity (Wildman–Crippen MR) is 82.9 cm³/mol. The minimum Gasteiger partial charge on any atom is -0.247 e. The van der Waals surface area contributed by atoms with E-state index in [-0.39, 0.29) is 0 Å². The predicted octanol–water partition coefficient (Wildman–Crippen LogP) is 6.35. The Bertz CT molecular complexity index is 206. The van der Waals surface area contributed by atoms with E-state index in [4.69, 9.17) is 0 Å². The van der Waals surface area contributed by atoms with Crippen LogP contribution in [0.4, 0.5) is 4.39 Å². The number of hydrogen-bond donors (Lipinski definition) is 0. The molecule has 0 aromatic heterocycles. The lowest BCUT2D eigenvalue weighted by Gasteiger charge is -2.33. The Morgan fingerprint density at radius 1 is 1.11 bits per heavy atom. The fraction of sp³-hybridized carbons (Fsp3) is 0.944. The fourth-order valence-corrected chi connectivity index (χ4v) is 3.63. The Hall–Kier alpha value is -0.0700. The van der Waals surface area contributed by atoms with Gasteiger partial charge in [0.25, 0.3) is 0 Å². The number of hydrogen-bond acceptors (Lipinski definition) is 0. The van der Waals surface area contributed by atoms with Crippen LogP contribution in [-0.2, 0) is 0 Å². The SMILES string of the molecule is CC[CH]C(F)CC(C)[C@H]1CC[C@H](CCCCC)CC1. The van der Waals surface area contributed by atoms with Gasteiger partial charge in [-0.2, -0.15) is 0 Å². The van der Waals surface area contributed by atoms with Gasteiger partial charge in [0, 0.05) is 0 Å². The second-order valence-corrected chi connectivity index (χ2v) is 6.65. The quantitative estimate of drug-likeness (QED) is 0.428. The molecule has 2 atom stereocenters. The molecule has 0 saturated heterocycles. The summed E-state index contributed by atoms with van der Waals surface area (Å²) in [7, 11) is 0. The molecule has 113 valence electrons. The summed E-state index contributed by atoms with van der Waals surface area (Å²) in [6.45, 7) is 6.57. The Kier molecular flexibility index (Phi) is 8.74. The van der Waals surface area contributed by atoms with Crippen LogP contribution in [0.15, 0.2) is 0 Å². The lowest BCUT2D eigenvalue weighted by molar-refractivity contribution is 0.175.